The summed E-state index contributed by atoms with van der Waals surface area (Å²) in [6, 6.07) is 33.5. The fourth-order valence-corrected chi connectivity index (χ4v) is 6.19. The lowest BCUT2D eigenvalue weighted by atomic mass is 10.0. The van der Waals surface area contributed by atoms with Gasteiger partial charge in [0.05, 0.1) is 6.54 Å². The Morgan fingerprint density at radius 1 is 0.415 bits per heavy atom. The summed E-state index contributed by atoms with van der Waals surface area (Å²) in [5.74, 6) is 0. The molecule has 0 N–H and O–H groups in total. The van der Waals surface area contributed by atoms with E-state index in [0.29, 0.717) is 0 Å². The molecule has 3 aromatic rings. The van der Waals surface area contributed by atoms with E-state index >= 15 is 0 Å². The Balaban J connectivity index is 1.41. The highest BCUT2D eigenvalue weighted by Gasteiger charge is 2.28. The Bertz CT molecular complexity index is 923. The lowest BCUT2D eigenvalue weighted by molar-refractivity contribution is -0.966. The maximum absolute atomic E-state index is 2.44. The molecule has 0 unspecified atom stereocenters. The van der Waals surface area contributed by atoms with E-state index in [4.69, 9.17) is 0 Å². The van der Waals surface area contributed by atoms with Crippen LogP contribution in [0.1, 0.15) is 120 Å². The second-order valence-electron chi connectivity index (χ2n) is 12.3. The lowest BCUT2D eigenvalue weighted by Gasteiger charge is -2.39. The lowest BCUT2D eigenvalue weighted by Crippen LogP contribution is -2.46. The second kappa shape index (κ2) is 21.1. The smallest absolute Gasteiger partial charge is 0.105 e. The molecule has 0 radical (unpaired) electrons. The fourth-order valence-electron chi connectivity index (χ4n) is 6.19. The molecule has 1 nitrogen and oxygen atoms in total. The average molecular weight is 553 g/mol. The summed E-state index contributed by atoms with van der Waals surface area (Å²) >= 11 is 0. The van der Waals surface area contributed by atoms with Crippen LogP contribution in [-0.4, -0.2) is 11.0 Å². The number of unbranched alkanes of at least 4 members (excludes halogenated alkanes) is 13. The predicted octanol–water partition coefficient (Wildman–Crippen LogP) is 11.8. The maximum Gasteiger partial charge on any atom is 0.105 e. The van der Waals surface area contributed by atoms with E-state index in [1.807, 2.05) is 0 Å². The molecule has 0 saturated carbocycles. The fraction of sp³-hybridized carbons (Fsp3) is 0.500. The number of quaternary nitrogens is 1. The van der Waals surface area contributed by atoms with E-state index in [2.05, 4.69) is 110 Å². The third kappa shape index (κ3) is 14.7. The molecular weight excluding hydrogens is 494 g/mol. The van der Waals surface area contributed by atoms with E-state index in [-0.39, 0.29) is 0 Å². The second-order valence-corrected chi connectivity index (χ2v) is 12.3. The predicted molar refractivity (Wildman–Crippen MR) is 180 cm³/mol. The summed E-state index contributed by atoms with van der Waals surface area (Å²) in [7, 11) is 0. The van der Waals surface area contributed by atoms with Crippen LogP contribution >= 0.6 is 0 Å². The number of rotatable bonds is 23. The van der Waals surface area contributed by atoms with Crippen molar-refractivity contribution >= 4 is 0 Å². The minimum Gasteiger partial charge on any atom is -0.312 e. The van der Waals surface area contributed by atoms with Gasteiger partial charge in [-0.1, -0.05) is 168 Å². The van der Waals surface area contributed by atoms with E-state index < -0.39 is 0 Å². The molecule has 0 heterocycles. The number of hydrogen-bond donors (Lipinski definition) is 0. The minimum atomic E-state index is 1.08. The van der Waals surface area contributed by atoms with Gasteiger partial charge in [-0.3, -0.25) is 0 Å². The van der Waals surface area contributed by atoms with Gasteiger partial charge in [0.1, 0.15) is 19.6 Å². The molecular formula is C40H58N+. The van der Waals surface area contributed by atoms with Crippen molar-refractivity contribution in [2.24, 2.45) is 0 Å². The van der Waals surface area contributed by atoms with Gasteiger partial charge in [0.25, 0.3) is 0 Å². The van der Waals surface area contributed by atoms with E-state index in [1.54, 1.807) is 0 Å². The number of nitrogens with zero attached hydrogens (tertiary/aromatic N) is 1. The highest BCUT2D eigenvalue weighted by molar-refractivity contribution is 5.17. The Hall–Kier alpha value is -2.64. The first kappa shape index (κ1) is 32.9. The summed E-state index contributed by atoms with van der Waals surface area (Å²) < 4.78 is 1.09. The van der Waals surface area contributed by atoms with E-state index in [1.165, 1.54) is 120 Å². The van der Waals surface area contributed by atoms with Crippen molar-refractivity contribution in [3.63, 3.8) is 0 Å². The standard InChI is InChI=1S/C40H58N/c1-2-3-4-5-6-7-8-9-10-11-12-13-14-15-16-17-27-34-41(35-38-28-21-18-22-29-38,36-39-30-23-19-24-31-39)37-40-32-25-20-26-33-40/h9-10,18-26,28-33H,2-8,11-17,27,34-37H2,1H3/q+1/b10-9+. The van der Waals surface area contributed by atoms with Crippen LogP contribution < -0.4 is 0 Å². The Morgan fingerprint density at radius 3 is 1.15 bits per heavy atom. The van der Waals surface area contributed by atoms with Crippen LogP contribution in [0.5, 0.6) is 0 Å². The zero-order chi connectivity index (χ0) is 28.7. The molecule has 0 amide bonds. The summed E-state index contributed by atoms with van der Waals surface area (Å²) in [6.07, 6.45) is 25.4. The van der Waals surface area contributed by atoms with Crippen molar-refractivity contribution in [2.75, 3.05) is 6.54 Å². The number of benzene rings is 3. The number of hydrogen-bond acceptors (Lipinski definition) is 0. The van der Waals surface area contributed by atoms with Gasteiger partial charge in [0.15, 0.2) is 0 Å². The zero-order valence-corrected chi connectivity index (χ0v) is 26.2. The summed E-state index contributed by atoms with van der Waals surface area (Å²) in [6.45, 7) is 6.76. The van der Waals surface area contributed by atoms with Crippen LogP contribution in [0.3, 0.4) is 0 Å². The first-order valence-corrected chi connectivity index (χ1v) is 16.9. The van der Waals surface area contributed by atoms with Crippen LogP contribution in [-0.2, 0) is 19.6 Å². The molecule has 0 aromatic heterocycles. The van der Waals surface area contributed by atoms with Crippen molar-refractivity contribution in [2.45, 2.75) is 123 Å². The SMILES string of the molecule is CCCCCCCC/C=C/CCCCCCCCC[N+](Cc1ccccc1)(Cc1ccccc1)Cc1ccccc1. The Labute approximate surface area is 253 Å². The molecule has 0 atom stereocenters. The van der Waals surface area contributed by atoms with Crippen molar-refractivity contribution in [3.8, 4) is 0 Å². The van der Waals surface area contributed by atoms with Crippen LogP contribution in [0.15, 0.2) is 103 Å². The Morgan fingerprint density at radius 2 is 0.756 bits per heavy atom. The van der Waals surface area contributed by atoms with Crippen LogP contribution in [0, 0.1) is 0 Å². The first-order valence-electron chi connectivity index (χ1n) is 16.9. The number of allylic oxidation sites excluding steroid dienone is 2. The summed E-state index contributed by atoms with van der Waals surface area (Å²) in [5.41, 5.74) is 4.33. The topological polar surface area (TPSA) is 0 Å². The highest BCUT2D eigenvalue weighted by atomic mass is 15.3. The third-order valence-corrected chi connectivity index (χ3v) is 8.48. The molecule has 3 aromatic carbocycles. The molecule has 0 aliphatic heterocycles. The van der Waals surface area contributed by atoms with Gasteiger partial charge in [0.2, 0.25) is 0 Å². The van der Waals surface area contributed by atoms with E-state index in [9.17, 15) is 0 Å². The molecule has 41 heavy (non-hydrogen) atoms. The average Bonchev–Trinajstić information content (AvgIpc) is 3.00. The Kier molecular flexibility index (Phi) is 16.9. The van der Waals surface area contributed by atoms with Gasteiger partial charge < -0.3 is 4.48 Å². The molecule has 0 saturated heterocycles. The summed E-state index contributed by atoms with van der Waals surface area (Å²) in [5, 5.41) is 0. The highest BCUT2D eigenvalue weighted by Crippen LogP contribution is 2.26. The third-order valence-electron chi connectivity index (χ3n) is 8.48. The van der Waals surface area contributed by atoms with Gasteiger partial charge in [-0.25, -0.2) is 0 Å². The minimum absolute atomic E-state index is 1.08. The van der Waals surface area contributed by atoms with Gasteiger partial charge in [-0.15, -0.1) is 0 Å². The monoisotopic (exact) mass is 552 g/mol. The molecule has 0 fully saturated rings. The van der Waals surface area contributed by atoms with Crippen molar-refractivity contribution < 1.29 is 4.48 Å². The molecule has 0 bridgehead atoms. The molecule has 222 valence electrons. The molecule has 3 rings (SSSR count). The normalized spacial score (nSPS) is 11.8. The van der Waals surface area contributed by atoms with Gasteiger partial charge in [-0.05, 0) is 38.5 Å². The first-order chi connectivity index (χ1) is 20.3. The zero-order valence-electron chi connectivity index (χ0n) is 26.2. The quantitative estimate of drug-likeness (QED) is 0.0623. The summed E-state index contributed by atoms with van der Waals surface area (Å²) in [4.78, 5) is 0. The van der Waals surface area contributed by atoms with E-state index in [0.717, 1.165) is 24.1 Å². The van der Waals surface area contributed by atoms with Crippen LogP contribution in [0.25, 0.3) is 0 Å². The molecule has 0 spiro atoms. The van der Waals surface area contributed by atoms with Gasteiger partial charge >= 0.3 is 0 Å². The van der Waals surface area contributed by atoms with Crippen LogP contribution in [0.4, 0.5) is 0 Å². The molecule has 1 heteroatoms. The van der Waals surface area contributed by atoms with Gasteiger partial charge in [0, 0.05) is 16.7 Å². The van der Waals surface area contributed by atoms with Crippen molar-refractivity contribution in [3.05, 3.63) is 120 Å². The molecule has 0 aliphatic carbocycles. The molecule has 0 aliphatic rings. The maximum atomic E-state index is 2.44. The van der Waals surface area contributed by atoms with Crippen molar-refractivity contribution in [1.82, 2.24) is 0 Å². The largest absolute Gasteiger partial charge is 0.312 e. The van der Waals surface area contributed by atoms with Crippen LogP contribution in [0.2, 0.25) is 0 Å². The van der Waals surface area contributed by atoms with Crippen molar-refractivity contribution in [1.29, 1.82) is 0 Å². The van der Waals surface area contributed by atoms with Gasteiger partial charge in [-0.2, -0.15) is 0 Å².